The van der Waals surface area contributed by atoms with Gasteiger partial charge in [0.05, 0.1) is 0 Å². The number of benzene rings is 2. The summed E-state index contributed by atoms with van der Waals surface area (Å²) < 4.78 is 1.17. The zero-order chi connectivity index (χ0) is 13.2. The van der Waals surface area contributed by atoms with Crippen molar-refractivity contribution in [3.63, 3.8) is 0 Å². The lowest BCUT2D eigenvalue weighted by Gasteiger charge is -2.17. The zero-order valence-corrected chi connectivity index (χ0v) is 12.9. The minimum Gasteiger partial charge on any atom is -0.382 e. The Morgan fingerprint density at radius 1 is 1.11 bits per heavy atom. The van der Waals surface area contributed by atoms with Crippen LogP contribution in [0.1, 0.15) is 32.6 Å². The summed E-state index contributed by atoms with van der Waals surface area (Å²) in [6, 6.07) is 13.6. The van der Waals surface area contributed by atoms with Crippen molar-refractivity contribution in [2.75, 3.05) is 5.32 Å². The van der Waals surface area contributed by atoms with Crippen LogP contribution >= 0.6 is 15.9 Å². The molecule has 0 aromatic heterocycles. The zero-order valence-electron chi connectivity index (χ0n) is 11.3. The summed E-state index contributed by atoms with van der Waals surface area (Å²) in [5.74, 6) is 0.916. The van der Waals surface area contributed by atoms with Gasteiger partial charge in [-0.2, -0.15) is 0 Å². The van der Waals surface area contributed by atoms with E-state index in [4.69, 9.17) is 0 Å². The van der Waals surface area contributed by atoms with Gasteiger partial charge in [0.1, 0.15) is 0 Å². The molecule has 1 fully saturated rings. The predicted molar refractivity (Wildman–Crippen MR) is 86.7 cm³/mol. The molecule has 0 aliphatic heterocycles. The molecule has 0 amide bonds. The van der Waals surface area contributed by atoms with Crippen molar-refractivity contribution in [1.29, 1.82) is 0 Å². The minimum absolute atomic E-state index is 0.648. The van der Waals surface area contributed by atoms with Gasteiger partial charge in [-0.1, -0.05) is 53.5 Å². The Labute approximate surface area is 123 Å². The van der Waals surface area contributed by atoms with Crippen molar-refractivity contribution in [1.82, 2.24) is 0 Å². The van der Waals surface area contributed by atoms with Crippen molar-refractivity contribution >= 4 is 32.4 Å². The SMILES string of the molecule is CCC1CCC(Nc2ccc(Br)c3ccccc23)C1. The summed E-state index contributed by atoms with van der Waals surface area (Å²) in [6.45, 7) is 2.31. The first-order chi connectivity index (χ1) is 9.28. The molecular weight excluding hydrogens is 298 g/mol. The molecule has 19 heavy (non-hydrogen) atoms. The van der Waals surface area contributed by atoms with Crippen LogP contribution in [0.2, 0.25) is 0 Å². The summed E-state index contributed by atoms with van der Waals surface area (Å²) in [7, 11) is 0. The lowest BCUT2D eigenvalue weighted by Crippen LogP contribution is -2.15. The van der Waals surface area contributed by atoms with Crippen LogP contribution in [-0.4, -0.2) is 6.04 Å². The van der Waals surface area contributed by atoms with E-state index >= 15 is 0 Å². The second-order valence-electron chi connectivity index (χ2n) is 5.57. The molecule has 1 aliphatic carbocycles. The van der Waals surface area contributed by atoms with E-state index in [1.165, 1.54) is 46.6 Å². The third kappa shape index (κ3) is 2.64. The van der Waals surface area contributed by atoms with E-state index < -0.39 is 0 Å². The van der Waals surface area contributed by atoms with Crippen LogP contribution in [0.4, 0.5) is 5.69 Å². The predicted octanol–water partition coefficient (Wildman–Crippen LogP) is 5.59. The molecule has 1 nitrogen and oxygen atoms in total. The Bertz CT molecular complexity index is 578. The molecular formula is C17H20BrN. The van der Waals surface area contributed by atoms with Gasteiger partial charge in [-0.3, -0.25) is 0 Å². The van der Waals surface area contributed by atoms with Crippen molar-refractivity contribution < 1.29 is 0 Å². The Kier molecular flexibility index (Phi) is 3.79. The number of rotatable bonds is 3. The van der Waals surface area contributed by atoms with Crippen molar-refractivity contribution in [2.45, 2.75) is 38.6 Å². The van der Waals surface area contributed by atoms with Crippen LogP contribution in [0.5, 0.6) is 0 Å². The molecule has 2 heteroatoms. The fourth-order valence-electron chi connectivity index (χ4n) is 3.18. The number of hydrogen-bond acceptors (Lipinski definition) is 1. The highest BCUT2D eigenvalue weighted by atomic mass is 79.9. The average Bonchev–Trinajstić information content (AvgIpc) is 2.90. The summed E-state index contributed by atoms with van der Waals surface area (Å²) >= 11 is 3.64. The Balaban J connectivity index is 1.87. The standard InChI is InChI=1S/C17H20BrN/c1-2-12-7-8-13(11-12)19-17-10-9-16(18)14-5-3-4-6-15(14)17/h3-6,9-10,12-13,19H,2,7-8,11H2,1H3. The largest absolute Gasteiger partial charge is 0.382 e. The second kappa shape index (κ2) is 5.54. The molecule has 0 radical (unpaired) electrons. The van der Waals surface area contributed by atoms with Crippen molar-refractivity contribution in [3.05, 3.63) is 40.9 Å². The third-order valence-electron chi connectivity index (χ3n) is 4.35. The summed E-state index contributed by atoms with van der Waals surface area (Å²) in [5.41, 5.74) is 1.28. The van der Waals surface area contributed by atoms with E-state index in [9.17, 15) is 0 Å². The molecule has 1 aliphatic rings. The maximum atomic E-state index is 3.75. The fraction of sp³-hybridized carbons (Fsp3) is 0.412. The maximum absolute atomic E-state index is 3.75. The molecule has 0 heterocycles. The summed E-state index contributed by atoms with van der Waals surface area (Å²) in [6.07, 6.45) is 5.33. The minimum atomic E-state index is 0.648. The quantitative estimate of drug-likeness (QED) is 0.777. The molecule has 3 rings (SSSR count). The van der Waals surface area contributed by atoms with Crippen LogP contribution < -0.4 is 5.32 Å². The Hall–Kier alpha value is -1.02. The van der Waals surface area contributed by atoms with Crippen LogP contribution in [0.25, 0.3) is 10.8 Å². The topological polar surface area (TPSA) is 12.0 Å². The van der Waals surface area contributed by atoms with E-state index in [-0.39, 0.29) is 0 Å². The fourth-order valence-corrected chi connectivity index (χ4v) is 3.66. The number of halogens is 1. The van der Waals surface area contributed by atoms with Gasteiger partial charge in [0.2, 0.25) is 0 Å². The van der Waals surface area contributed by atoms with Gasteiger partial charge < -0.3 is 5.32 Å². The molecule has 100 valence electrons. The molecule has 1 N–H and O–H groups in total. The molecule has 2 aromatic rings. The molecule has 0 spiro atoms. The lowest BCUT2D eigenvalue weighted by molar-refractivity contribution is 0.525. The molecule has 2 atom stereocenters. The van der Waals surface area contributed by atoms with Gasteiger partial charge in [-0.15, -0.1) is 0 Å². The monoisotopic (exact) mass is 317 g/mol. The highest BCUT2D eigenvalue weighted by Crippen LogP contribution is 2.34. The smallest absolute Gasteiger partial charge is 0.0422 e. The number of anilines is 1. The third-order valence-corrected chi connectivity index (χ3v) is 5.04. The van der Waals surface area contributed by atoms with Gasteiger partial charge >= 0.3 is 0 Å². The van der Waals surface area contributed by atoms with Gasteiger partial charge in [0, 0.05) is 21.6 Å². The van der Waals surface area contributed by atoms with E-state index in [0.717, 1.165) is 5.92 Å². The van der Waals surface area contributed by atoms with Gasteiger partial charge in [0.15, 0.2) is 0 Å². The highest BCUT2D eigenvalue weighted by molar-refractivity contribution is 9.10. The lowest BCUT2D eigenvalue weighted by atomic mass is 10.0. The molecule has 0 saturated heterocycles. The number of hydrogen-bond donors (Lipinski definition) is 1. The summed E-state index contributed by atoms with van der Waals surface area (Å²) in [5, 5.41) is 6.36. The number of nitrogens with one attached hydrogen (secondary N) is 1. The normalized spacial score (nSPS) is 22.8. The first-order valence-corrected chi connectivity index (χ1v) is 8.01. The molecule has 0 bridgehead atoms. The van der Waals surface area contributed by atoms with Crippen molar-refractivity contribution in [3.8, 4) is 0 Å². The Morgan fingerprint density at radius 2 is 1.89 bits per heavy atom. The number of fused-ring (bicyclic) bond motifs is 1. The first kappa shape index (κ1) is 13.0. The first-order valence-electron chi connectivity index (χ1n) is 7.21. The van der Waals surface area contributed by atoms with E-state index in [1.54, 1.807) is 0 Å². The second-order valence-corrected chi connectivity index (χ2v) is 6.42. The van der Waals surface area contributed by atoms with Gasteiger partial charge in [-0.05, 0) is 42.7 Å². The van der Waals surface area contributed by atoms with E-state index in [1.807, 2.05) is 0 Å². The van der Waals surface area contributed by atoms with E-state index in [2.05, 4.69) is 64.6 Å². The van der Waals surface area contributed by atoms with Crippen LogP contribution in [0.15, 0.2) is 40.9 Å². The molecule has 2 aromatic carbocycles. The van der Waals surface area contributed by atoms with Crippen LogP contribution in [0, 0.1) is 5.92 Å². The van der Waals surface area contributed by atoms with Crippen LogP contribution in [0.3, 0.4) is 0 Å². The highest BCUT2D eigenvalue weighted by Gasteiger charge is 2.23. The average molecular weight is 318 g/mol. The van der Waals surface area contributed by atoms with E-state index in [0.29, 0.717) is 6.04 Å². The van der Waals surface area contributed by atoms with Gasteiger partial charge in [0.25, 0.3) is 0 Å². The summed E-state index contributed by atoms with van der Waals surface area (Å²) in [4.78, 5) is 0. The van der Waals surface area contributed by atoms with Gasteiger partial charge in [-0.25, -0.2) is 0 Å². The molecule has 2 unspecified atom stereocenters. The maximum Gasteiger partial charge on any atom is 0.0422 e. The Morgan fingerprint density at radius 3 is 2.63 bits per heavy atom. The van der Waals surface area contributed by atoms with Crippen molar-refractivity contribution in [2.24, 2.45) is 5.92 Å². The van der Waals surface area contributed by atoms with Crippen LogP contribution in [-0.2, 0) is 0 Å². The molecule has 1 saturated carbocycles.